The molecule has 1 aliphatic heterocycles. The van der Waals surface area contributed by atoms with Crippen LogP contribution in [0.15, 0.2) is 109 Å². The molecule has 5 rings (SSSR count). The van der Waals surface area contributed by atoms with Gasteiger partial charge in [0, 0.05) is 5.69 Å². The predicted molar refractivity (Wildman–Crippen MR) is 139 cm³/mol. The Bertz CT molecular complexity index is 1480. The number of phenolic OH excluding ortho intramolecular Hbond substituents is 1. The van der Waals surface area contributed by atoms with Gasteiger partial charge in [0.2, 0.25) is 0 Å². The maximum Gasteiger partial charge on any atom is 0.300 e. The summed E-state index contributed by atoms with van der Waals surface area (Å²) in [6.45, 7) is 0. The second-order valence-corrected chi connectivity index (χ2v) is 8.37. The molecule has 0 aromatic heterocycles. The summed E-state index contributed by atoms with van der Waals surface area (Å²) in [5.41, 5.74) is 1.20. The third kappa shape index (κ3) is 4.50. The number of aliphatic hydroxyl groups excluding tert-OH is 1. The molecular weight excluding hydrogens is 470 g/mol. The molecule has 1 fully saturated rings. The van der Waals surface area contributed by atoms with Gasteiger partial charge < -0.3 is 19.7 Å². The highest BCUT2D eigenvalue weighted by Crippen LogP contribution is 2.43. The first-order valence-corrected chi connectivity index (χ1v) is 11.5. The van der Waals surface area contributed by atoms with E-state index >= 15 is 0 Å². The van der Waals surface area contributed by atoms with Gasteiger partial charge in [0.1, 0.15) is 28.8 Å². The number of para-hydroxylation sites is 2. The minimum atomic E-state index is -0.939. The first kappa shape index (κ1) is 23.7. The summed E-state index contributed by atoms with van der Waals surface area (Å²) < 4.78 is 11.2. The van der Waals surface area contributed by atoms with Crippen LogP contribution >= 0.6 is 0 Å². The van der Waals surface area contributed by atoms with E-state index in [9.17, 15) is 19.8 Å². The van der Waals surface area contributed by atoms with Crippen LogP contribution in [0.25, 0.3) is 5.76 Å². The lowest BCUT2D eigenvalue weighted by Gasteiger charge is -2.25. The zero-order valence-corrected chi connectivity index (χ0v) is 19.9. The van der Waals surface area contributed by atoms with Gasteiger partial charge in [-0.25, -0.2) is 0 Å². The van der Waals surface area contributed by atoms with Crippen molar-refractivity contribution >= 4 is 23.1 Å². The van der Waals surface area contributed by atoms with Crippen molar-refractivity contribution in [3.05, 3.63) is 120 Å². The highest BCUT2D eigenvalue weighted by Gasteiger charge is 2.47. The molecule has 4 aromatic rings. The molecule has 0 radical (unpaired) electrons. The van der Waals surface area contributed by atoms with E-state index in [1.54, 1.807) is 60.7 Å². The molecule has 4 aromatic carbocycles. The summed E-state index contributed by atoms with van der Waals surface area (Å²) in [7, 11) is 1.46. The van der Waals surface area contributed by atoms with Crippen LogP contribution in [0.1, 0.15) is 17.2 Å². The molecule has 0 saturated carbocycles. The van der Waals surface area contributed by atoms with E-state index in [4.69, 9.17) is 9.47 Å². The Morgan fingerprint density at radius 1 is 0.784 bits per heavy atom. The van der Waals surface area contributed by atoms with E-state index < -0.39 is 17.7 Å². The number of hydrogen-bond donors (Lipinski definition) is 2. The minimum Gasteiger partial charge on any atom is -0.508 e. The number of benzene rings is 4. The van der Waals surface area contributed by atoms with Gasteiger partial charge in [-0.3, -0.25) is 14.5 Å². The summed E-state index contributed by atoms with van der Waals surface area (Å²) >= 11 is 0. The molecule has 37 heavy (non-hydrogen) atoms. The van der Waals surface area contributed by atoms with Crippen LogP contribution in [-0.2, 0) is 9.59 Å². The Morgan fingerprint density at radius 2 is 1.41 bits per heavy atom. The van der Waals surface area contributed by atoms with Crippen molar-refractivity contribution in [2.45, 2.75) is 6.04 Å². The van der Waals surface area contributed by atoms with Crippen molar-refractivity contribution in [1.82, 2.24) is 0 Å². The molecule has 7 nitrogen and oxygen atoms in total. The number of methoxy groups -OCH3 is 1. The van der Waals surface area contributed by atoms with Gasteiger partial charge in [0.05, 0.1) is 24.3 Å². The molecule has 184 valence electrons. The van der Waals surface area contributed by atoms with Crippen LogP contribution in [0.2, 0.25) is 0 Å². The Labute approximate surface area is 213 Å². The molecule has 1 heterocycles. The van der Waals surface area contributed by atoms with Gasteiger partial charge in [0.15, 0.2) is 0 Å². The Kier molecular flexibility index (Phi) is 6.34. The number of carbonyl (C=O) groups is 2. The largest absolute Gasteiger partial charge is 0.508 e. The van der Waals surface area contributed by atoms with E-state index in [-0.39, 0.29) is 17.1 Å². The molecule has 0 aliphatic carbocycles. The number of carbonyl (C=O) groups excluding carboxylic acids is 2. The van der Waals surface area contributed by atoms with Crippen LogP contribution in [0.3, 0.4) is 0 Å². The number of nitrogens with zero attached hydrogens (tertiary/aromatic N) is 1. The van der Waals surface area contributed by atoms with E-state index in [0.29, 0.717) is 34.1 Å². The van der Waals surface area contributed by atoms with E-state index in [1.165, 1.54) is 24.1 Å². The van der Waals surface area contributed by atoms with Gasteiger partial charge in [-0.05, 0) is 66.2 Å². The third-order valence-corrected chi connectivity index (χ3v) is 6.11. The number of aromatic hydroxyl groups is 1. The summed E-state index contributed by atoms with van der Waals surface area (Å²) in [5.74, 6) is -0.345. The fourth-order valence-corrected chi connectivity index (χ4v) is 4.36. The van der Waals surface area contributed by atoms with Crippen LogP contribution < -0.4 is 14.4 Å². The van der Waals surface area contributed by atoms with Crippen LogP contribution in [0.4, 0.5) is 5.69 Å². The SMILES string of the molecule is COc1ccccc1/C(O)=C1/C(=O)C(=O)N(c2ccc(Oc3ccccc3)cc2)C1c1ccc(O)cc1. The Balaban J connectivity index is 1.61. The highest BCUT2D eigenvalue weighted by atomic mass is 16.5. The van der Waals surface area contributed by atoms with Gasteiger partial charge in [-0.15, -0.1) is 0 Å². The molecule has 0 bridgehead atoms. The summed E-state index contributed by atoms with van der Waals surface area (Å²) in [6.07, 6.45) is 0. The molecular formula is C30H23NO6. The number of hydrogen-bond acceptors (Lipinski definition) is 6. The zero-order valence-electron chi connectivity index (χ0n) is 19.9. The molecule has 0 spiro atoms. The topological polar surface area (TPSA) is 96.3 Å². The maximum atomic E-state index is 13.4. The average molecular weight is 494 g/mol. The van der Waals surface area contributed by atoms with Gasteiger partial charge in [-0.2, -0.15) is 0 Å². The molecule has 1 atom stereocenters. The second-order valence-electron chi connectivity index (χ2n) is 8.37. The normalized spacial score (nSPS) is 16.6. The van der Waals surface area contributed by atoms with Crippen molar-refractivity contribution in [3.8, 4) is 23.0 Å². The highest BCUT2D eigenvalue weighted by molar-refractivity contribution is 6.51. The molecule has 7 heteroatoms. The first-order valence-electron chi connectivity index (χ1n) is 11.5. The molecule has 1 aliphatic rings. The summed E-state index contributed by atoms with van der Waals surface area (Å²) in [6, 6.07) is 28.0. The van der Waals surface area contributed by atoms with Crippen molar-refractivity contribution in [2.24, 2.45) is 0 Å². The third-order valence-electron chi connectivity index (χ3n) is 6.11. The van der Waals surface area contributed by atoms with Gasteiger partial charge in [0.25, 0.3) is 11.7 Å². The van der Waals surface area contributed by atoms with Gasteiger partial charge in [-0.1, -0.05) is 42.5 Å². The van der Waals surface area contributed by atoms with E-state index in [1.807, 2.05) is 30.3 Å². The number of amides is 1. The number of aliphatic hydroxyl groups is 1. The number of ketones is 1. The van der Waals surface area contributed by atoms with Crippen molar-refractivity contribution in [3.63, 3.8) is 0 Å². The molecule has 1 saturated heterocycles. The van der Waals surface area contributed by atoms with Crippen LogP contribution in [0.5, 0.6) is 23.0 Å². The minimum absolute atomic E-state index is 0.0350. The number of rotatable bonds is 6. The smallest absolute Gasteiger partial charge is 0.300 e. The fraction of sp³-hybridized carbons (Fsp3) is 0.0667. The van der Waals surface area contributed by atoms with Crippen molar-refractivity contribution < 1.29 is 29.3 Å². The number of phenols is 1. The van der Waals surface area contributed by atoms with E-state index in [2.05, 4.69) is 0 Å². The van der Waals surface area contributed by atoms with Gasteiger partial charge >= 0.3 is 0 Å². The zero-order chi connectivity index (χ0) is 25.9. The van der Waals surface area contributed by atoms with Crippen molar-refractivity contribution in [1.29, 1.82) is 0 Å². The quantitative estimate of drug-likeness (QED) is 0.200. The molecule has 2 N–H and O–H groups in total. The summed E-state index contributed by atoms with van der Waals surface area (Å²) in [4.78, 5) is 28.0. The molecule has 1 unspecified atom stereocenters. The lowest BCUT2D eigenvalue weighted by Crippen LogP contribution is -2.29. The maximum absolute atomic E-state index is 13.4. The number of Topliss-reactive ketones (excluding diaryl/α,β-unsaturated/α-hetero) is 1. The lowest BCUT2D eigenvalue weighted by atomic mass is 9.94. The average Bonchev–Trinajstić information content (AvgIpc) is 3.19. The van der Waals surface area contributed by atoms with E-state index in [0.717, 1.165) is 0 Å². The monoisotopic (exact) mass is 493 g/mol. The Morgan fingerprint density at radius 3 is 2.08 bits per heavy atom. The predicted octanol–water partition coefficient (Wildman–Crippen LogP) is 5.82. The van der Waals surface area contributed by atoms with Crippen LogP contribution in [-0.4, -0.2) is 29.0 Å². The lowest BCUT2D eigenvalue weighted by molar-refractivity contribution is -0.132. The standard InChI is InChI=1S/C30H23NO6/c1-36-25-10-6-5-9-24(25)28(33)26-27(19-11-15-21(32)16-12-19)31(30(35)29(26)34)20-13-17-23(18-14-20)37-22-7-3-2-4-8-22/h2-18,27,32-33H,1H3/b28-26-. The van der Waals surface area contributed by atoms with Crippen LogP contribution in [0, 0.1) is 0 Å². The number of ether oxygens (including phenoxy) is 2. The molecule has 1 amide bonds. The first-order chi connectivity index (χ1) is 18.0. The number of anilines is 1. The van der Waals surface area contributed by atoms with Crippen molar-refractivity contribution in [2.75, 3.05) is 12.0 Å². The second kappa shape index (κ2) is 9.91. The Hall–Kier alpha value is -5.04. The fourth-order valence-electron chi connectivity index (χ4n) is 4.36. The summed E-state index contributed by atoms with van der Waals surface area (Å²) in [5, 5.41) is 21.1.